The summed E-state index contributed by atoms with van der Waals surface area (Å²) in [7, 11) is 0. The molecule has 0 fully saturated rings. The van der Waals surface area contributed by atoms with E-state index in [9.17, 15) is 4.79 Å². The van der Waals surface area contributed by atoms with Gasteiger partial charge in [0.15, 0.2) is 5.82 Å². The van der Waals surface area contributed by atoms with Crippen LogP contribution >= 0.6 is 0 Å². The van der Waals surface area contributed by atoms with Gasteiger partial charge in [-0.05, 0) is 12.3 Å². The number of amides is 2. The van der Waals surface area contributed by atoms with Crippen molar-refractivity contribution in [2.45, 2.75) is 40.8 Å². The Labute approximate surface area is 107 Å². The number of aryl methyl sites for hydroxylation is 1. The zero-order valence-electron chi connectivity index (χ0n) is 11.5. The maximum atomic E-state index is 12.0. The largest absolute Gasteiger partial charge is 0.337 e. The van der Waals surface area contributed by atoms with Gasteiger partial charge in [-0.2, -0.15) is 0 Å². The van der Waals surface area contributed by atoms with Crippen LogP contribution in [0.5, 0.6) is 0 Å². The second-order valence-corrected chi connectivity index (χ2v) is 5.96. The summed E-state index contributed by atoms with van der Waals surface area (Å²) in [5.41, 5.74) is 0.0993. The summed E-state index contributed by atoms with van der Waals surface area (Å²) in [5, 5.41) is 11.1. The summed E-state index contributed by atoms with van der Waals surface area (Å²) in [6.45, 7) is 10.9. The number of aromatic nitrogens is 3. The number of fused-ring (bicyclic) bond motifs is 1. The Bertz CT molecular complexity index is 446. The van der Waals surface area contributed by atoms with Gasteiger partial charge in [-0.25, -0.2) is 4.79 Å². The van der Waals surface area contributed by atoms with Crippen LogP contribution in [0.3, 0.4) is 0 Å². The minimum atomic E-state index is -0.0168. The van der Waals surface area contributed by atoms with E-state index >= 15 is 0 Å². The number of carbonyl (C=O) groups is 1. The topological polar surface area (TPSA) is 63.1 Å². The molecule has 0 radical (unpaired) electrons. The third-order valence-corrected chi connectivity index (χ3v) is 3.00. The first kappa shape index (κ1) is 12.9. The van der Waals surface area contributed by atoms with Crippen LogP contribution in [0.1, 0.15) is 32.4 Å². The molecule has 2 amide bonds. The van der Waals surface area contributed by atoms with Crippen molar-refractivity contribution >= 4 is 6.03 Å². The maximum Gasteiger partial charge on any atom is 0.317 e. The Balaban J connectivity index is 1.95. The number of hydrogen-bond acceptors (Lipinski definition) is 3. The van der Waals surface area contributed by atoms with Gasteiger partial charge in [0.25, 0.3) is 0 Å². The van der Waals surface area contributed by atoms with Gasteiger partial charge in [0.1, 0.15) is 5.82 Å². The van der Waals surface area contributed by atoms with Crippen LogP contribution in [0.4, 0.5) is 4.79 Å². The number of hydrogen-bond donors (Lipinski definition) is 1. The maximum absolute atomic E-state index is 12.0. The molecule has 0 bridgehead atoms. The van der Waals surface area contributed by atoms with Crippen molar-refractivity contribution in [1.82, 2.24) is 25.0 Å². The van der Waals surface area contributed by atoms with Gasteiger partial charge < -0.3 is 14.8 Å². The van der Waals surface area contributed by atoms with Crippen molar-refractivity contribution in [2.24, 2.45) is 5.41 Å². The number of rotatable bonds is 1. The Morgan fingerprint density at radius 1 is 1.33 bits per heavy atom. The fourth-order valence-electron chi connectivity index (χ4n) is 1.93. The lowest BCUT2D eigenvalue weighted by Gasteiger charge is -2.29. The monoisotopic (exact) mass is 251 g/mol. The average Bonchev–Trinajstić information content (AvgIpc) is 2.66. The van der Waals surface area contributed by atoms with Crippen LogP contribution in [0.2, 0.25) is 0 Å². The minimum Gasteiger partial charge on any atom is -0.337 e. The first-order valence-corrected chi connectivity index (χ1v) is 6.28. The highest BCUT2D eigenvalue weighted by atomic mass is 16.2. The van der Waals surface area contributed by atoms with Crippen molar-refractivity contribution in [3.8, 4) is 0 Å². The van der Waals surface area contributed by atoms with Crippen molar-refractivity contribution in [2.75, 3.05) is 13.1 Å². The Morgan fingerprint density at radius 2 is 2.06 bits per heavy atom. The van der Waals surface area contributed by atoms with E-state index in [1.54, 1.807) is 4.90 Å². The Hall–Kier alpha value is -1.59. The molecule has 2 rings (SSSR count). The van der Waals surface area contributed by atoms with E-state index < -0.39 is 0 Å². The number of nitrogens with zero attached hydrogens (tertiary/aromatic N) is 4. The van der Waals surface area contributed by atoms with E-state index in [0.29, 0.717) is 19.6 Å². The average molecular weight is 251 g/mol. The van der Waals surface area contributed by atoms with Gasteiger partial charge in [0.2, 0.25) is 0 Å². The summed E-state index contributed by atoms with van der Waals surface area (Å²) < 4.78 is 2.06. The highest BCUT2D eigenvalue weighted by Crippen LogP contribution is 2.13. The molecule has 100 valence electrons. The van der Waals surface area contributed by atoms with E-state index in [2.05, 4.69) is 40.9 Å². The van der Waals surface area contributed by atoms with Gasteiger partial charge in [-0.1, -0.05) is 20.8 Å². The zero-order valence-corrected chi connectivity index (χ0v) is 11.5. The lowest BCUT2D eigenvalue weighted by molar-refractivity contribution is 0.177. The molecule has 1 aromatic heterocycles. The third-order valence-electron chi connectivity index (χ3n) is 3.00. The molecule has 0 atom stereocenters. The van der Waals surface area contributed by atoms with E-state index in [4.69, 9.17) is 0 Å². The van der Waals surface area contributed by atoms with Crippen molar-refractivity contribution in [1.29, 1.82) is 0 Å². The van der Waals surface area contributed by atoms with E-state index in [1.807, 2.05) is 6.92 Å². The smallest absolute Gasteiger partial charge is 0.317 e. The first-order valence-electron chi connectivity index (χ1n) is 6.28. The summed E-state index contributed by atoms with van der Waals surface area (Å²) in [4.78, 5) is 13.8. The molecule has 2 heterocycles. The van der Waals surface area contributed by atoms with E-state index in [1.165, 1.54) is 0 Å². The van der Waals surface area contributed by atoms with E-state index in [-0.39, 0.29) is 11.4 Å². The predicted octanol–water partition coefficient (Wildman–Crippen LogP) is 1.16. The zero-order chi connectivity index (χ0) is 13.3. The highest BCUT2D eigenvalue weighted by molar-refractivity contribution is 5.74. The molecular weight excluding hydrogens is 230 g/mol. The summed E-state index contributed by atoms with van der Waals surface area (Å²) in [6, 6.07) is -0.0168. The second kappa shape index (κ2) is 4.59. The molecule has 0 saturated carbocycles. The minimum absolute atomic E-state index is 0.0168. The van der Waals surface area contributed by atoms with Gasteiger partial charge in [-0.3, -0.25) is 0 Å². The van der Waals surface area contributed by atoms with E-state index in [0.717, 1.165) is 18.2 Å². The van der Waals surface area contributed by atoms with Crippen LogP contribution in [0.25, 0.3) is 0 Å². The number of urea groups is 1. The summed E-state index contributed by atoms with van der Waals surface area (Å²) in [5.74, 6) is 1.78. The lowest BCUT2D eigenvalue weighted by atomic mass is 9.97. The predicted molar refractivity (Wildman–Crippen MR) is 68.0 cm³/mol. The van der Waals surface area contributed by atoms with Gasteiger partial charge >= 0.3 is 6.03 Å². The first-order chi connectivity index (χ1) is 8.37. The van der Waals surface area contributed by atoms with Crippen LogP contribution in [0.15, 0.2) is 0 Å². The quantitative estimate of drug-likeness (QED) is 0.814. The molecule has 1 aliphatic rings. The van der Waals surface area contributed by atoms with Crippen LogP contribution in [-0.2, 0) is 13.1 Å². The van der Waals surface area contributed by atoms with Gasteiger partial charge in [0, 0.05) is 19.6 Å². The number of carbonyl (C=O) groups excluding carboxylic acids is 1. The van der Waals surface area contributed by atoms with Gasteiger partial charge in [0.05, 0.1) is 6.54 Å². The lowest BCUT2D eigenvalue weighted by Crippen LogP contribution is -2.46. The Morgan fingerprint density at radius 3 is 2.72 bits per heavy atom. The molecule has 1 aromatic rings. The molecular formula is C12H21N5O. The molecule has 0 unspecified atom stereocenters. The molecule has 0 saturated heterocycles. The van der Waals surface area contributed by atoms with Crippen LogP contribution < -0.4 is 5.32 Å². The highest BCUT2D eigenvalue weighted by Gasteiger charge is 2.24. The summed E-state index contributed by atoms with van der Waals surface area (Å²) in [6.07, 6.45) is 0. The normalized spacial score (nSPS) is 15.4. The Kier molecular flexibility index (Phi) is 3.28. The molecule has 6 heteroatoms. The summed E-state index contributed by atoms with van der Waals surface area (Å²) >= 11 is 0. The third kappa shape index (κ3) is 2.80. The fraction of sp³-hybridized carbons (Fsp3) is 0.750. The molecule has 18 heavy (non-hydrogen) atoms. The van der Waals surface area contributed by atoms with Gasteiger partial charge in [-0.15, -0.1) is 10.2 Å². The molecule has 0 aromatic carbocycles. The van der Waals surface area contributed by atoms with Crippen molar-refractivity contribution < 1.29 is 4.79 Å². The van der Waals surface area contributed by atoms with Crippen molar-refractivity contribution in [3.05, 3.63) is 11.6 Å². The van der Waals surface area contributed by atoms with Crippen molar-refractivity contribution in [3.63, 3.8) is 0 Å². The fourth-order valence-corrected chi connectivity index (χ4v) is 1.93. The second-order valence-electron chi connectivity index (χ2n) is 5.96. The molecule has 1 aliphatic heterocycles. The van der Waals surface area contributed by atoms with Crippen LogP contribution in [0, 0.1) is 12.3 Å². The molecule has 0 aliphatic carbocycles. The SMILES string of the molecule is Cc1nnc2n1CCN(C(=O)NCC(C)(C)C)C2. The molecule has 6 nitrogen and oxygen atoms in total. The standard InChI is InChI=1S/C12H21N5O/c1-9-14-15-10-7-16(5-6-17(9)10)11(18)13-8-12(2,3)4/h5-8H2,1-4H3,(H,13,18). The number of nitrogens with one attached hydrogen (secondary N) is 1. The van der Waals surface area contributed by atoms with Crippen LogP contribution in [-0.4, -0.2) is 38.8 Å². The molecule has 1 N–H and O–H groups in total. The molecule has 0 spiro atoms.